The molecule has 0 aliphatic rings. The molecular formula is C15H23BrN2O4. The number of hydrogen-bond donors (Lipinski definition) is 2. The van der Waals surface area contributed by atoms with Crippen LogP contribution in [0.3, 0.4) is 0 Å². The summed E-state index contributed by atoms with van der Waals surface area (Å²) in [5.74, 6) is -1.48. The molecule has 1 unspecified atom stereocenters. The molecule has 0 aliphatic carbocycles. The van der Waals surface area contributed by atoms with Crippen molar-refractivity contribution in [1.29, 1.82) is 0 Å². The van der Waals surface area contributed by atoms with E-state index in [0.29, 0.717) is 12.2 Å². The normalized spacial score (nSPS) is 13.0. The molecule has 1 heterocycles. The van der Waals surface area contributed by atoms with Crippen molar-refractivity contribution in [3.05, 3.63) is 22.4 Å². The Morgan fingerprint density at radius 3 is 2.59 bits per heavy atom. The molecule has 1 atom stereocenters. The summed E-state index contributed by atoms with van der Waals surface area (Å²) in [6.45, 7) is 8.49. The van der Waals surface area contributed by atoms with E-state index in [-0.39, 0.29) is 18.6 Å². The van der Waals surface area contributed by atoms with Gasteiger partial charge in [0.25, 0.3) is 5.91 Å². The van der Waals surface area contributed by atoms with Gasteiger partial charge in [-0.1, -0.05) is 0 Å². The fraction of sp³-hybridized carbons (Fsp3) is 0.600. The number of hydrogen-bond acceptors (Lipinski definition) is 3. The molecule has 7 heteroatoms. The van der Waals surface area contributed by atoms with E-state index >= 15 is 0 Å². The van der Waals surface area contributed by atoms with Gasteiger partial charge in [0, 0.05) is 30.2 Å². The van der Waals surface area contributed by atoms with Gasteiger partial charge in [-0.05, 0) is 49.7 Å². The summed E-state index contributed by atoms with van der Waals surface area (Å²) >= 11 is 3.31. The van der Waals surface area contributed by atoms with E-state index in [4.69, 9.17) is 4.74 Å². The fourth-order valence-electron chi connectivity index (χ4n) is 1.90. The number of nitrogens with one attached hydrogen (secondary N) is 1. The number of ether oxygens (including phenoxy) is 1. The summed E-state index contributed by atoms with van der Waals surface area (Å²) < 4.78 is 8.05. The summed E-state index contributed by atoms with van der Waals surface area (Å²) in [7, 11) is 0. The second-order valence-electron chi connectivity index (χ2n) is 5.94. The van der Waals surface area contributed by atoms with Crippen molar-refractivity contribution in [2.24, 2.45) is 0 Å². The molecule has 1 aromatic heterocycles. The van der Waals surface area contributed by atoms with Gasteiger partial charge in [-0.15, -0.1) is 0 Å². The van der Waals surface area contributed by atoms with Gasteiger partial charge in [0.15, 0.2) is 0 Å². The third-order valence-electron chi connectivity index (χ3n) is 2.98. The van der Waals surface area contributed by atoms with E-state index in [0.717, 1.165) is 4.47 Å². The smallest absolute Gasteiger partial charge is 0.326 e. The van der Waals surface area contributed by atoms with E-state index in [9.17, 15) is 14.7 Å². The molecule has 6 nitrogen and oxygen atoms in total. The number of aryl methyl sites for hydroxylation is 1. The Hall–Kier alpha value is -1.34. The number of aliphatic carboxylic acids is 1. The Bertz CT molecular complexity index is 534. The summed E-state index contributed by atoms with van der Waals surface area (Å²) in [5.41, 5.74) is 0.0897. The molecule has 0 aliphatic heterocycles. The molecule has 0 spiro atoms. The van der Waals surface area contributed by atoms with Crippen LogP contribution in [0.4, 0.5) is 0 Å². The monoisotopic (exact) mass is 374 g/mol. The van der Waals surface area contributed by atoms with Crippen LogP contribution in [-0.4, -0.2) is 39.8 Å². The Balaban J connectivity index is 2.70. The largest absolute Gasteiger partial charge is 0.480 e. The highest BCUT2D eigenvalue weighted by atomic mass is 79.9. The lowest BCUT2D eigenvalue weighted by atomic mass is 10.1. The first-order valence-electron chi connectivity index (χ1n) is 7.17. The van der Waals surface area contributed by atoms with Gasteiger partial charge >= 0.3 is 5.97 Å². The van der Waals surface area contributed by atoms with Gasteiger partial charge in [0.05, 0.1) is 5.60 Å². The molecule has 0 bridgehead atoms. The predicted octanol–water partition coefficient (Wildman–Crippen LogP) is 2.66. The van der Waals surface area contributed by atoms with E-state index in [1.54, 1.807) is 16.8 Å². The molecule has 22 heavy (non-hydrogen) atoms. The van der Waals surface area contributed by atoms with Gasteiger partial charge in [0.1, 0.15) is 11.7 Å². The van der Waals surface area contributed by atoms with E-state index in [2.05, 4.69) is 21.2 Å². The zero-order valence-electron chi connectivity index (χ0n) is 13.4. The molecule has 0 fully saturated rings. The van der Waals surface area contributed by atoms with Crippen molar-refractivity contribution in [3.8, 4) is 0 Å². The molecule has 0 radical (unpaired) electrons. The van der Waals surface area contributed by atoms with Crippen molar-refractivity contribution in [2.75, 3.05) is 6.61 Å². The highest BCUT2D eigenvalue weighted by molar-refractivity contribution is 9.10. The van der Waals surface area contributed by atoms with Crippen LogP contribution in [0, 0.1) is 0 Å². The van der Waals surface area contributed by atoms with Crippen molar-refractivity contribution in [3.63, 3.8) is 0 Å². The zero-order chi connectivity index (χ0) is 16.9. The molecular weight excluding hydrogens is 352 g/mol. The fourth-order valence-corrected chi connectivity index (χ4v) is 2.36. The maximum Gasteiger partial charge on any atom is 0.326 e. The van der Waals surface area contributed by atoms with E-state index in [1.807, 2.05) is 27.7 Å². The highest BCUT2D eigenvalue weighted by Crippen LogP contribution is 2.15. The number of amides is 1. The van der Waals surface area contributed by atoms with Crippen LogP contribution in [0.1, 0.15) is 44.6 Å². The maximum atomic E-state index is 12.3. The van der Waals surface area contributed by atoms with Crippen molar-refractivity contribution in [1.82, 2.24) is 9.88 Å². The third kappa shape index (κ3) is 5.81. The number of halogens is 1. The zero-order valence-corrected chi connectivity index (χ0v) is 14.9. The average Bonchev–Trinajstić information content (AvgIpc) is 2.77. The number of nitrogens with zero attached hydrogens (tertiary/aromatic N) is 1. The van der Waals surface area contributed by atoms with Crippen LogP contribution >= 0.6 is 15.9 Å². The van der Waals surface area contributed by atoms with Gasteiger partial charge < -0.3 is 19.7 Å². The first-order chi connectivity index (χ1) is 10.1. The number of rotatable bonds is 7. The van der Waals surface area contributed by atoms with Gasteiger partial charge in [-0.25, -0.2) is 4.79 Å². The van der Waals surface area contributed by atoms with Crippen molar-refractivity contribution < 1.29 is 19.4 Å². The summed E-state index contributed by atoms with van der Waals surface area (Å²) in [5, 5.41) is 11.8. The number of carbonyl (C=O) groups excluding carboxylic acids is 1. The van der Waals surface area contributed by atoms with E-state index in [1.165, 1.54) is 0 Å². The van der Waals surface area contributed by atoms with Crippen LogP contribution in [0.15, 0.2) is 16.7 Å². The lowest BCUT2D eigenvalue weighted by Crippen LogP contribution is -2.42. The van der Waals surface area contributed by atoms with Crippen LogP contribution in [0.2, 0.25) is 0 Å². The summed E-state index contributed by atoms with van der Waals surface area (Å²) in [6.07, 6.45) is 2.00. The average molecular weight is 375 g/mol. The number of carboxylic acid groups (broad SMARTS) is 1. The van der Waals surface area contributed by atoms with Crippen LogP contribution in [-0.2, 0) is 16.1 Å². The Morgan fingerprint density at radius 1 is 1.45 bits per heavy atom. The summed E-state index contributed by atoms with van der Waals surface area (Å²) in [4.78, 5) is 23.6. The van der Waals surface area contributed by atoms with Gasteiger partial charge in [0.2, 0.25) is 0 Å². The molecule has 0 saturated heterocycles. The second-order valence-corrected chi connectivity index (χ2v) is 6.86. The van der Waals surface area contributed by atoms with Gasteiger partial charge in [-0.3, -0.25) is 4.79 Å². The Kier molecular flexibility index (Phi) is 6.62. The standard InChI is InChI=1S/C15H23BrN2O4/c1-5-18-9-10(16)8-12(18)13(19)17-11(14(20)21)6-7-22-15(2,3)4/h8-9,11H,5-7H2,1-4H3,(H,17,19)(H,20,21). The van der Waals surface area contributed by atoms with Crippen LogP contribution < -0.4 is 5.32 Å². The number of carboxylic acids is 1. The predicted molar refractivity (Wildman–Crippen MR) is 87.0 cm³/mol. The minimum absolute atomic E-state index is 0.215. The lowest BCUT2D eigenvalue weighted by molar-refractivity contribution is -0.140. The molecule has 1 amide bonds. The van der Waals surface area contributed by atoms with E-state index < -0.39 is 17.9 Å². The Labute approximate surface area is 139 Å². The highest BCUT2D eigenvalue weighted by Gasteiger charge is 2.23. The third-order valence-corrected chi connectivity index (χ3v) is 3.42. The molecule has 124 valence electrons. The number of aromatic nitrogens is 1. The number of carbonyl (C=O) groups is 2. The first kappa shape index (κ1) is 18.7. The molecule has 1 rings (SSSR count). The molecule has 0 aromatic carbocycles. The topological polar surface area (TPSA) is 80.6 Å². The molecule has 0 saturated carbocycles. The van der Waals surface area contributed by atoms with Crippen molar-refractivity contribution in [2.45, 2.75) is 52.3 Å². The minimum atomic E-state index is -1.07. The SMILES string of the molecule is CCn1cc(Br)cc1C(=O)NC(CCOC(C)(C)C)C(=O)O. The van der Waals surface area contributed by atoms with Crippen LogP contribution in [0.5, 0.6) is 0 Å². The van der Waals surface area contributed by atoms with Crippen LogP contribution in [0.25, 0.3) is 0 Å². The lowest BCUT2D eigenvalue weighted by Gasteiger charge is -2.21. The molecule has 2 N–H and O–H groups in total. The molecule has 1 aromatic rings. The maximum absolute atomic E-state index is 12.3. The van der Waals surface area contributed by atoms with Crippen molar-refractivity contribution >= 4 is 27.8 Å². The minimum Gasteiger partial charge on any atom is -0.480 e. The Morgan fingerprint density at radius 2 is 2.09 bits per heavy atom. The second kappa shape index (κ2) is 7.78. The van der Waals surface area contributed by atoms with Gasteiger partial charge in [-0.2, -0.15) is 0 Å². The first-order valence-corrected chi connectivity index (χ1v) is 7.96. The summed E-state index contributed by atoms with van der Waals surface area (Å²) in [6, 6.07) is 0.692. The quantitative estimate of drug-likeness (QED) is 0.768.